The molecule has 9 nitrogen and oxygen atoms in total. The van der Waals surface area contributed by atoms with Crippen LogP contribution in [-0.2, 0) is 32.7 Å². The normalized spacial score (nSPS) is 13.0. The quantitative estimate of drug-likeness (QED) is 0.0264. The summed E-state index contributed by atoms with van der Waals surface area (Å²) in [6.07, 6.45) is 79.9. The third kappa shape index (κ3) is 65.5. The van der Waals surface area contributed by atoms with E-state index < -0.39 is 26.5 Å². The molecule has 0 aliphatic heterocycles. The monoisotopic (exact) mass is 1140 g/mol. The van der Waals surface area contributed by atoms with Crippen LogP contribution in [0.25, 0.3) is 0 Å². The summed E-state index contributed by atoms with van der Waals surface area (Å²) in [7, 11) is -4.39. The number of hydrogen-bond donors (Lipinski definition) is 2. The third-order valence-corrected chi connectivity index (χ3v) is 16.8. The molecule has 0 amide bonds. The summed E-state index contributed by atoms with van der Waals surface area (Å²) >= 11 is 0. The Labute approximate surface area is 491 Å². The molecule has 0 spiro atoms. The van der Waals surface area contributed by atoms with Gasteiger partial charge in [-0.1, -0.05) is 340 Å². The molecule has 0 aliphatic rings. The molecule has 0 bridgehead atoms. The molecule has 79 heavy (non-hydrogen) atoms. The second-order valence-electron chi connectivity index (χ2n) is 23.8. The lowest BCUT2D eigenvalue weighted by Crippen LogP contribution is -2.29. The van der Waals surface area contributed by atoms with Gasteiger partial charge >= 0.3 is 19.8 Å². The fourth-order valence-corrected chi connectivity index (χ4v) is 11.4. The van der Waals surface area contributed by atoms with Crippen molar-refractivity contribution >= 4 is 19.8 Å². The number of carbonyl (C=O) groups is 2. The van der Waals surface area contributed by atoms with Gasteiger partial charge in [-0.25, -0.2) is 4.57 Å². The summed E-state index contributed by atoms with van der Waals surface area (Å²) in [6, 6.07) is 0. The summed E-state index contributed by atoms with van der Waals surface area (Å²) in [4.78, 5) is 35.3. The number of allylic oxidation sites excluding steroid dienone is 4. The van der Waals surface area contributed by atoms with E-state index >= 15 is 0 Å². The molecule has 468 valence electrons. The topological polar surface area (TPSA) is 134 Å². The molecule has 0 aliphatic carbocycles. The van der Waals surface area contributed by atoms with Crippen LogP contribution < -0.4 is 5.73 Å². The lowest BCUT2D eigenvalue weighted by molar-refractivity contribution is -0.161. The third-order valence-electron chi connectivity index (χ3n) is 15.8. The Kier molecular flexibility index (Phi) is 64.4. The van der Waals surface area contributed by atoms with Crippen molar-refractivity contribution in [3.05, 3.63) is 24.3 Å². The molecule has 0 aromatic heterocycles. The van der Waals surface area contributed by atoms with Crippen LogP contribution in [-0.4, -0.2) is 49.3 Å². The molecule has 0 saturated heterocycles. The van der Waals surface area contributed by atoms with Crippen LogP contribution in [0.15, 0.2) is 24.3 Å². The van der Waals surface area contributed by atoms with Gasteiger partial charge in [0.1, 0.15) is 6.61 Å². The Morgan fingerprint density at radius 1 is 0.380 bits per heavy atom. The Bertz CT molecular complexity index is 1340. The van der Waals surface area contributed by atoms with E-state index in [0.29, 0.717) is 6.42 Å². The van der Waals surface area contributed by atoms with Crippen LogP contribution in [0, 0.1) is 0 Å². The number of carbonyl (C=O) groups excluding carboxylic acids is 2. The molecule has 0 aromatic rings. The van der Waals surface area contributed by atoms with Crippen molar-refractivity contribution in [3.63, 3.8) is 0 Å². The Hall–Kier alpha value is -1.51. The van der Waals surface area contributed by atoms with Gasteiger partial charge in [0.05, 0.1) is 13.2 Å². The number of hydrogen-bond acceptors (Lipinski definition) is 8. The number of phosphoric acid groups is 1. The van der Waals surface area contributed by atoms with Crippen LogP contribution in [0.2, 0.25) is 0 Å². The smallest absolute Gasteiger partial charge is 0.462 e. The average Bonchev–Trinajstić information content (AvgIpc) is 3.44. The number of nitrogens with two attached hydrogens (primary N) is 1. The fraction of sp³-hybridized carbons (Fsp3) is 0.913. The highest BCUT2D eigenvalue weighted by Gasteiger charge is 2.26. The van der Waals surface area contributed by atoms with E-state index in [4.69, 9.17) is 24.3 Å². The second kappa shape index (κ2) is 65.6. The van der Waals surface area contributed by atoms with Gasteiger partial charge < -0.3 is 20.1 Å². The predicted molar refractivity (Wildman–Crippen MR) is 340 cm³/mol. The van der Waals surface area contributed by atoms with Crippen LogP contribution in [0.1, 0.15) is 373 Å². The van der Waals surface area contributed by atoms with Crippen molar-refractivity contribution in [2.24, 2.45) is 5.73 Å². The highest BCUT2D eigenvalue weighted by molar-refractivity contribution is 7.47. The molecule has 2 atom stereocenters. The van der Waals surface area contributed by atoms with Crippen LogP contribution in [0.3, 0.4) is 0 Å². The van der Waals surface area contributed by atoms with Crippen LogP contribution in [0.4, 0.5) is 0 Å². The van der Waals surface area contributed by atoms with E-state index in [-0.39, 0.29) is 38.6 Å². The number of esters is 2. The Morgan fingerprint density at radius 3 is 0.962 bits per heavy atom. The molecule has 3 N–H and O–H groups in total. The van der Waals surface area contributed by atoms with Crippen molar-refractivity contribution in [2.45, 2.75) is 380 Å². The first-order valence-electron chi connectivity index (χ1n) is 34.8. The molecule has 0 fully saturated rings. The van der Waals surface area contributed by atoms with Gasteiger partial charge in [-0.05, 0) is 44.9 Å². The van der Waals surface area contributed by atoms with Crippen LogP contribution in [0.5, 0.6) is 0 Å². The average molecular weight is 1140 g/mol. The maximum absolute atomic E-state index is 12.8. The number of ether oxygens (including phenoxy) is 2. The van der Waals surface area contributed by atoms with Crippen LogP contribution >= 0.6 is 7.82 Å². The SMILES string of the molecule is CCCCCCC/C=C\C/C=C\CCCCCCCCCCCCCCCCCCCCCCCCCC(=O)OC(COC(=O)CCCCCCCCCCCCCCCCCCCCCCCCC)COP(=O)(O)OCCN. The van der Waals surface area contributed by atoms with Gasteiger partial charge in [-0.15, -0.1) is 0 Å². The minimum Gasteiger partial charge on any atom is -0.462 e. The zero-order chi connectivity index (χ0) is 57.3. The maximum atomic E-state index is 12.8. The number of rotatable bonds is 67. The van der Waals surface area contributed by atoms with E-state index in [1.165, 1.54) is 302 Å². The van der Waals surface area contributed by atoms with Crippen molar-refractivity contribution < 1.29 is 37.6 Å². The summed E-state index contributed by atoms with van der Waals surface area (Å²) in [5.41, 5.74) is 5.40. The zero-order valence-electron chi connectivity index (χ0n) is 52.6. The molecular formula is C69H134NO8P. The maximum Gasteiger partial charge on any atom is 0.472 e. The summed E-state index contributed by atoms with van der Waals surface area (Å²) in [5.74, 6) is -0.801. The number of unbranched alkanes of at least 4 members (excludes halogenated alkanes) is 50. The zero-order valence-corrected chi connectivity index (χ0v) is 53.5. The van der Waals surface area contributed by atoms with E-state index in [9.17, 15) is 19.0 Å². The highest BCUT2D eigenvalue weighted by atomic mass is 31.2. The molecule has 2 unspecified atom stereocenters. The second-order valence-corrected chi connectivity index (χ2v) is 25.2. The van der Waals surface area contributed by atoms with Gasteiger partial charge in [-0.2, -0.15) is 0 Å². The lowest BCUT2D eigenvalue weighted by atomic mass is 10.0. The van der Waals surface area contributed by atoms with Crippen molar-refractivity contribution in [1.29, 1.82) is 0 Å². The summed E-state index contributed by atoms with van der Waals surface area (Å²) < 4.78 is 33.2. The summed E-state index contributed by atoms with van der Waals surface area (Å²) in [6.45, 7) is 3.82. The predicted octanol–water partition coefficient (Wildman–Crippen LogP) is 22.5. The lowest BCUT2D eigenvalue weighted by Gasteiger charge is -2.19. The van der Waals surface area contributed by atoms with Gasteiger partial charge in [-0.3, -0.25) is 18.6 Å². The highest BCUT2D eigenvalue weighted by Crippen LogP contribution is 2.43. The Morgan fingerprint density at radius 2 is 0.658 bits per heavy atom. The first-order chi connectivity index (χ1) is 38.8. The van der Waals surface area contributed by atoms with E-state index in [1.807, 2.05) is 0 Å². The first-order valence-corrected chi connectivity index (χ1v) is 36.3. The van der Waals surface area contributed by atoms with E-state index in [0.717, 1.165) is 38.5 Å². The standard InChI is InChI=1S/C69H134NO8P/c1-3-5-7-9-11-13-15-17-19-21-23-25-27-28-29-30-31-32-33-34-35-36-37-38-40-42-44-46-48-50-52-54-56-58-60-62-69(72)78-67(66-77-79(73,74)76-64-63-70)65-75-68(71)61-59-57-55-53-51-49-47-45-43-41-39-26-24-22-20-18-16-14-12-10-8-6-4-2/h15,17,21,23,67H,3-14,16,18-20,22,24-66,70H2,1-2H3,(H,73,74)/b17-15-,23-21-. The van der Waals surface area contributed by atoms with Crippen molar-refractivity contribution in [1.82, 2.24) is 0 Å². The Balaban J connectivity index is 3.79. The van der Waals surface area contributed by atoms with Crippen molar-refractivity contribution in [2.75, 3.05) is 26.4 Å². The van der Waals surface area contributed by atoms with E-state index in [2.05, 4.69) is 38.2 Å². The molecule has 0 heterocycles. The van der Waals surface area contributed by atoms with Crippen molar-refractivity contribution in [3.8, 4) is 0 Å². The molecule has 0 aromatic carbocycles. The molecule has 0 rings (SSSR count). The minimum absolute atomic E-state index is 0.0573. The van der Waals surface area contributed by atoms with Gasteiger partial charge in [0, 0.05) is 19.4 Å². The van der Waals surface area contributed by atoms with Gasteiger partial charge in [0.15, 0.2) is 6.10 Å². The molecular weight excluding hydrogens is 1000 g/mol. The van der Waals surface area contributed by atoms with Gasteiger partial charge in [0.25, 0.3) is 0 Å². The minimum atomic E-state index is -4.39. The first kappa shape index (κ1) is 77.5. The van der Waals surface area contributed by atoms with E-state index in [1.54, 1.807) is 0 Å². The molecule has 0 saturated carbocycles. The largest absolute Gasteiger partial charge is 0.472 e. The molecule has 10 heteroatoms. The molecule has 0 radical (unpaired) electrons. The number of phosphoric ester groups is 1. The fourth-order valence-electron chi connectivity index (χ4n) is 10.7. The summed E-state index contributed by atoms with van der Waals surface area (Å²) in [5, 5.41) is 0. The van der Waals surface area contributed by atoms with Gasteiger partial charge in [0.2, 0.25) is 0 Å².